The molecule has 92 valence electrons. The van der Waals surface area contributed by atoms with Crippen LogP contribution in [0, 0.1) is 6.92 Å². The minimum Gasteiger partial charge on any atom is -0.460 e. The fourth-order valence-corrected chi connectivity index (χ4v) is 1.94. The van der Waals surface area contributed by atoms with Crippen molar-refractivity contribution in [2.24, 2.45) is 5.73 Å². The zero-order chi connectivity index (χ0) is 12.5. The first-order chi connectivity index (χ1) is 8.78. The molecule has 3 aromatic rings. The maximum atomic E-state index is 5.58. The van der Waals surface area contributed by atoms with Crippen molar-refractivity contribution in [1.29, 1.82) is 0 Å². The molecule has 0 fully saturated rings. The average Bonchev–Trinajstić information content (AvgIpc) is 2.96. The lowest BCUT2D eigenvalue weighted by Crippen LogP contribution is -2.06. The number of nitrogens with two attached hydrogens (primary N) is 1. The molecule has 0 radical (unpaired) electrons. The highest BCUT2D eigenvalue weighted by Gasteiger charge is 2.08. The molecule has 3 heterocycles. The number of rotatable bonds is 3. The van der Waals surface area contributed by atoms with Crippen LogP contribution < -0.4 is 5.73 Å². The van der Waals surface area contributed by atoms with Crippen LogP contribution in [0.15, 0.2) is 34.9 Å². The summed E-state index contributed by atoms with van der Waals surface area (Å²) in [4.78, 5) is 4.29. The Bertz CT molecular complexity index is 683. The van der Waals surface area contributed by atoms with Gasteiger partial charge in [-0.25, -0.2) is 9.50 Å². The first kappa shape index (κ1) is 11.0. The van der Waals surface area contributed by atoms with E-state index in [1.165, 1.54) is 0 Å². The molecule has 3 rings (SSSR count). The number of aromatic nitrogens is 3. The van der Waals surface area contributed by atoms with Gasteiger partial charge in [-0.15, -0.1) is 0 Å². The molecule has 3 aromatic heterocycles. The van der Waals surface area contributed by atoms with Crippen molar-refractivity contribution in [1.82, 2.24) is 14.6 Å². The van der Waals surface area contributed by atoms with Crippen LogP contribution in [0.25, 0.3) is 17.1 Å². The highest BCUT2D eigenvalue weighted by molar-refractivity contribution is 5.54. The maximum absolute atomic E-state index is 5.58. The molecule has 0 atom stereocenters. The van der Waals surface area contributed by atoms with Crippen LogP contribution in [-0.2, 0) is 6.42 Å². The topological polar surface area (TPSA) is 69.3 Å². The zero-order valence-electron chi connectivity index (χ0n) is 10.1. The number of furan rings is 1. The van der Waals surface area contributed by atoms with E-state index in [4.69, 9.17) is 10.2 Å². The van der Waals surface area contributed by atoms with Crippen molar-refractivity contribution in [2.45, 2.75) is 13.3 Å². The molecule has 0 aliphatic carbocycles. The fourth-order valence-electron chi connectivity index (χ4n) is 1.94. The van der Waals surface area contributed by atoms with E-state index in [1.54, 1.807) is 0 Å². The molecule has 0 aliphatic rings. The summed E-state index contributed by atoms with van der Waals surface area (Å²) in [5, 5.41) is 4.54. The van der Waals surface area contributed by atoms with Crippen LogP contribution in [0.4, 0.5) is 0 Å². The Hall–Kier alpha value is -2.14. The Morgan fingerprint density at radius 3 is 2.89 bits per heavy atom. The zero-order valence-corrected chi connectivity index (χ0v) is 10.1. The van der Waals surface area contributed by atoms with E-state index in [1.807, 2.05) is 41.9 Å². The number of aryl methyl sites for hydroxylation is 1. The largest absolute Gasteiger partial charge is 0.460 e. The SMILES string of the molecule is Cc1ccc(-c2ccc3ncc(CCN)n3n2)o1. The second kappa shape index (κ2) is 4.27. The summed E-state index contributed by atoms with van der Waals surface area (Å²) in [7, 11) is 0. The van der Waals surface area contributed by atoms with Crippen LogP contribution in [-0.4, -0.2) is 21.1 Å². The minimum atomic E-state index is 0.583. The highest BCUT2D eigenvalue weighted by Crippen LogP contribution is 2.20. The predicted molar refractivity (Wildman–Crippen MR) is 68.2 cm³/mol. The van der Waals surface area contributed by atoms with Crippen LogP contribution >= 0.6 is 0 Å². The summed E-state index contributed by atoms with van der Waals surface area (Å²) >= 11 is 0. The third kappa shape index (κ3) is 1.78. The van der Waals surface area contributed by atoms with E-state index in [-0.39, 0.29) is 0 Å². The quantitative estimate of drug-likeness (QED) is 0.760. The molecule has 5 nitrogen and oxygen atoms in total. The second-order valence-corrected chi connectivity index (χ2v) is 4.19. The van der Waals surface area contributed by atoms with Crippen molar-refractivity contribution in [2.75, 3.05) is 6.54 Å². The molecule has 0 aromatic carbocycles. The van der Waals surface area contributed by atoms with Crippen LogP contribution in [0.1, 0.15) is 11.5 Å². The maximum Gasteiger partial charge on any atom is 0.154 e. The third-order valence-electron chi connectivity index (χ3n) is 2.83. The van der Waals surface area contributed by atoms with Gasteiger partial charge in [0.25, 0.3) is 0 Å². The van der Waals surface area contributed by atoms with Crippen molar-refractivity contribution in [3.8, 4) is 11.5 Å². The van der Waals surface area contributed by atoms with Crippen LogP contribution in [0.3, 0.4) is 0 Å². The number of hydrogen-bond donors (Lipinski definition) is 1. The lowest BCUT2D eigenvalue weighted by molar-refractivity contribution is 0.545. The van der Waals surface area contributed by atoms with Crippen molar-refractivity contribution >= 4 is 5.65 Å². The van der Waals surface area contributed by atoms with E-state index >= 15 is 0 Å². The lowest BCUT2D eigenvalue weighted by Gasteiger charge is -2.01. The van der Waals surface area contributed by atoms with Crippen molar-refractivity contribution in [3.05, 3.63) is 41.9 Å². The van der Waals surface area contributed by atoms with Crippen LogP contribution in [0.2, 0.25) is 0 Å². The van der Waals surface area contributed by atoms with Gasteiger partial charge in [0.05, 0.1) is 11.9 Å². The summed E-state index contributed by atoms with van der Waals surface area (Å²) < 4.78 is 7.39. The second-order valence-electron chi connectivity index (χ2n) is 4.19. The summed E-state index contributed by atoms with van der Waals surface area (Å²) in [5.74, 6) is 1.64. The molecule has 0 bridgehead atoms. The van der Waals surface area contributed by atoms with Gasteiger partial charge in [-0.1, -0.05) is 0 Å². The van der Waals surface area contributed by atoms with Gasteiger partial charge in [0, 0.05) is 6.42 Å². The molecule has 0 unspecified atom stereocenters. The Morgan fingerprint density at radius 1 is 1.28 bits per heavy atom. The number of fused-ring (bicyclic) bond motifs is 1. The van der Waals surface area contributed by atoms with E-state index in [0.29, 0.717) is 6.54 Å². The lowest BCUT2D eigenvalue weighted by atomic mass is 10.3. The van der Waals surface area contributed by atoms with E-state index in [0.717, 1.165) is 35.0 Å². The Balaban J connectivity index is 2.11. The van der Waals surface area contributed by atoms with E-state index < -0.39 is 0 Å². The van der Waals surface area contributed by atoms with Gasteiger partial charge in [0.2, 0.25) is 0 Å². The molecule has 0 aliphatic heterocycles. The fraction of sp³-hybridized carbons (Fsp3) is 0.231. The van der Waals surface area contributed by atoms with Gasteiger partial charge in [-0.3, -0.25) is 0 Å². The first-order valence-electron chi connectivity index (χ1n) is 5.88. The van der Waals surface area contributed by atoms with Gasteiger partial charge in [-0.2, -0.15) is 5.10 Å². The van der Waals surface area contributed by atoms with Gasteiger partial charge >= 0.3 is 0 Å². The predicted octanol–water partition coefficient (Wildman–Crippen LogP) is 1.80. The number of hydrogen-bond acceptors (Lipinski definition) is 4. The van der Waals surface area contributed by atoms with Crippen molar-refractivity contribution in [3.63, 3.8) is 0 Å². The Morgan fingerprint density at radius 2 is 2.17 bits per heavy atom. The third-order valence-corrected chi connectivity index (χ3v) is 2.83. The molecule has 0 saturated heterocycles. The molecule has 0 amide bonds. The summed E-state index contributed by atoms with van der Waals surface area (Å²) in [6, 6.07) is 7.69. The monoisotopic (exact) mass is 242 g/mol. The molecular weight excluding hydrogens is 228 g/mol. The Kier molecular flexibility index (Phi) is 2.60. The van der Waals surface area contributed by atoms with E-state index in [9.17, 15) is 0 Å². The highest BCUT2D eigenvalue weighted by atomic mass is 16.3. The molecule has 2 N–H and O–H groups in total. The Labute approximate surface area is 104 Å². The van der Waals surface area contributed by atoms with Crippen molar-refractivity contribution < 1.29 is 4.42 Å². The molecule has 0 saturated carbocycles. The normalized spacial score (nSPS) is 11.2. The van der Waals surface area contributed by atoms with Crippen LogP contribution in [0.5, 0.6) is 0 Å². The smallest absolute Gasteiger partial charge is 0.154 e. The number of nitrogens with zero attached hydrogens (tertiary/aromatic N) is 3. The minimum absolute atomic E-state index is 0.583. The summed E-state index contributed by atoms with van der Waals surface area (Å²) in [6.45, 7) is 2.50. The molecule has 18 heavy (non-hydrogen) atoms. The van der Waals surface area contributed by atoms with E-state index in [2.05, 4.69) is 10.1 Å². The average molecular weight is 242 g/mol. The number of imidazole rings is 1. The molecule has 5 heteroatoms. The summed E-state index contributed by atoms with van der Waals surface area (Å²) in [5.41, 5.74) is 8.21. The summed E-state index contributed by atoms with van der Waals surface area (Å²) in [6.07, 6.45) is 2.57. The molecular formula is C13H14N4O. The van der Waals surface area contributed by atoms with Gasteiger partial charge in [-0.05, 0) is 37.7 Å². The standard InChI is InChI=1S/C13H14N4O/c1-9-2-4-12(18-9)11-3-5-13-15-8-10(6-7-14)17(13)16-11/h2-5,8H,6-7,14H2,1H3. The van der Waals surface area contributed by atoms with Gasteiger partial charge in [0.1, 0.15) is 11.5 Å². The van der Waals surface area contributed by atoms with Gasteiger partial charge < -0.3 is 10.2 Å². The molecule has 0 spiro atoms. The van der Waals surface area contributed by atoms with Gasteiger partial charge in [0.15, 0.2) is 11.4 Å². The first-order valence-corrected chi connectivity index (χ1v) is 5.88.